The third-order valence-electron chi connectivity index (χ3n) is 10.3. The van der Waals surface area contributed by atoms with E-state index >= 15 is 0 Å². The van der Waals surface area contributed by atoms with Crippen LogP contribution in [0.2, 0.25) is 0 Å². The van der Waals surface area contributed by atoms with Crippen LogP contribution in [0.5, 0.6) is 0 Å². The molecular weight excluding hydrogens is 624 g/mol. The number of ether oxygens (including phenoxy) is 6. The van der Waals surface area contributed by atoms with Crippen LogP contribution in [-0.4, -0.2) is 82.2 Å². The van der Waals surface area contributed by atoms with Crippen molar-refractivity contribution >= 4 is 41.4 Å². The van der Waals surface area contributed by atoms with E-state index in [1.54, 1.807) is 44.2 Å². The minimum atomic E-state index is -2.31. The molecule has 0 amide bonds. The zero-order chi connectivity index (χ0) is 33.9. The highest BCUT2D eigenvalue weighted by Gasteiger charge is 2.77. The van der Waals surface area contributed by atoms with Crippen LogP contribution >= 0.6 is 11.6 Å². The van der Waals surface area contributed by atoms with Crippen LogP contribution in [0.4, 0.5) is 0 Å². The van der Waals surface area contributed by atoms with Crippen molar-refractivity contribution in [3.05, 3.63) is 48.0 Å². The third-order valence-corrected chi connectivity index (χ3v) is 10.8. The zero-order valence-electron chi connectivity index (χ0n) is 26.5. The van der Waals surface area contributed by atoms with E-state index in [9.17, 15) is 29.1 Å². The molecule has 3 saturated heterocycles. The van der Waals surface area contributed by atoms with Crippen molar-refractivity contribution in [2.45, 2.75) is 102 Å². The first kappa shape index (κ1) is 33.9. The van der Waals surface area contributed by atoms with Crippen molar-refractivity contribution in [2.24, 2.45) is 23.2 Å². The Hall–Kier alpha value is -3.48. The van der Waals surface area contributed by atoms with Crippen LogP contribution in [0.3, 0.4) is 0 Å². The summed E-state index contributed by atoms with van der Waals surface area (Å²) in [6.45, 7) is 12.5. The van der Waals surface area contributed by atoms with Gasteiger partial charge in [-0.05, 0) is 19.1 Å². The molecule has 12 atom stereocenters. The molecule has 13 heteroatoms. The molecule has 1 saturated carbocycles. The Labute approximate surface area is 271 Å². The number of alkyl halides is 1. The molecule has 5 rings (SSSR count). The second kappa shape index (κ2) is 12.0. The first-order chi connectivity index (χ1) is 21.5. The van der Waals surface area contributed by atoms with E-state index in [1.807, 2.05) is 0 Å². The zero-order valence-corrected chi connectivity index (χ0v) is 27.3. The summed E-state index contributed by atoms with van der Waals surface area (Å²) in [5.74, 6) is -8.67. The predicted molar refractivity (Wildman–Crippen MR) is 159 cm³/mol. The Kier molecular flexibility index (Phi) is 8.80. The molecule has 3 aliphatic heterocycles. The quantitative estimate of drug-likeness (QED) is 0.212. The molecule has 1 N–H and O–H groups in total. The number of fused-ring (bicyclic) bond motifs is 2. The highest BCUT2D eigenvalue weighted by Crippen LogP contribution is 2.63. The first-order valence-electron chi connectivity index (χ1n) is 15.2. The third kappa shape index (κ3) is 5.28. The van der Waals surface area contributed by atoms with Gasteiger partial charge < -0.3 is 33.5 Å². The van der Waals surface area contributed by atoms with Gasteiger partial charge in [-0.15, -0.1) is 11.6 Å². The lowest BCUT2D eigenvalue weighted by Gasteiger charge is -2.63. The maximum Gasteiger partial charge on any atom is 0.338 e. The normalized spacial score (nSPS) is 41.4. The van der Waals surface area contributed by atoms with E-state index < -0.39 is 107 Å². The van der Waals surface area contributed by atoms with Gasteiger partial charge in [0.25, 0.3) is 0 Å². The van der Waals surface area contributed by atoms with E-state index in [2.05, 4.69) is 6.58 Å². The fraction of sp³-hybridized carbons (Fsp3) is 0.606. The van der Waals surface area contributed by atoms with Crippen molar-refractivity contribution < 1.29 is 57.5 Å². The van der Waals surface area contributed by atoms with E-state index in [0.29, 0.717) is 0 Å². The summed E-state index contributed by atoms with van der Waals surface area (Å²) < 4.78 is 36.2. The average Bonchev–Trinajstić information content (AvgIpc) is 3.22. The number of carbonyl (C=O) groups excluding carboxylic acids is 5. The molecule has 2 unspecified atom stereocenters. The maximum absolute atomic E-state index is 13.4. The van der Waals surface area contributed by atoms with E-state index in [-0.39, 0.29) is 17.6 Å². The van der Waals surface area contributed by atoms with Crippen molar-refractivity contribution in [3.63, 3.8) is 0 Å². The smallest absolute Gasteiger partial charge is 0.338 e. The second-order valence-electron chi connectivity index (χ2n) is 13.0. The lowest BCUT2D eigenvalue weighted by molar-refractivity contribution is -0.355. The van der Waals surface area contributed by atoms with Gasteiger partial charge in [0.2, 0.25) is 0 Å². The molecule has 4 fully saturated rings. The molecule has 12 nitrogen and oxygen atoms in total. The van der Waals surface area contributed by atoms with Gasteiger partial charge >= 0.3 is 29.8 Å². The summed E-state index contributed by atoms with van der Waals surface area (Å²) in [5, 5.41) is 11.0. The van der Waals surface area contributed by atoms with Crippen LogP contribution in [0.15, 0.2) is 42.5 Å². The van der Waals surface area contributed by atoms with Crippen LogP contribution < -0.4 is 0 Å². The van der Waals surface area contributed by atoms with Gasteiger partial charge in [-0.1, -0.05) is 38.6 Å². The number of rotatable bonds is 5. The van der Waals surface area contributed by atoms with Crippen LogP contribution in [-0.2, 0) is 47.6 Å². The van der Waals surface area contributed by atoms with Gasteiger partial charge in [0.15, 0.2) is 17.5 Å². The molecule has 0 aromatic heterocycles. The van der Waals surface area contributed by atoms with Crippen molar-refractivity contribution in [1.82, 2.24) is 0 Å². The minimum Gasteiger partial charge on any atom is -0.462 e. The molecule has 1 aromatic carbocycles. The Morgan fingerprint density at radius 3 is 2.13 bits per heavy atom. The summed E-state index contributed by atoms with van der Waals surface area (Å²) in [4.78, 5) is 64.9. The number of hydrogen-bond donors (Lipinski definition) is 1. The molecular formula is C33H39ClO12. The summed E-state index contributed by atoms with van der Waals surface area (Å²) in [5.41, 5.74) is -3.10. The summed E-state index contributed by atoms with van der Waals surface area (Å²) >= 11 is 6.87. The molecule has 2 bridgehead atoms. The molecule has 1 spiro atoms. The fourth-order valence-corrected chi connectivity index (χ4v) is 8.49. The van der Waals surface area contributed by atoms with Crippen LogP contribution in [0.1, 0.15) is 64.7 Å². The first-order valence-corrected chi connectivity index (χ1v) is 15.6. The number of esters is 5. The lowest BCUT2D eigenvalue weighted by Crippen LogP contribution is -2.76. The number of hydrogen-bond acceptors (Lipinski definition) is 12. The van der Waals surface area contributed by atoms with Crippen molar-refractivity contribution in [2.75, 3.05) is 0 Å². The fourth-order valence-electron chi connectivity index (χ4n) is 8.07. The van der Waals surface area contributed by atoms with Gasteiger partial charge in [0.1, 0.15) is 24.4 Å². The van der Waals surface area contributed by atoms with Crippen molar-refractivity contribution in [1.29, 1.82) is 0 Å². The predicted octanol–water partition coefficient (Wildman–Crippen LogP) is 3.26. The monoisotopic (exact) mass is 662 g/mol. The Bertz CT molecular complexity index is 1450. The summed E-state index contributed by atoms with van der Waals surface area (Å²) in [7, 11) is 0. The lowest BCUT2D eigenvalue weighted by atomic mass is 9.51. The van der Waals surface area contributed by atoms with E-state index in [0.717, 1.165) is 0 Å². The summed E-state index contributed by atoms with van der Waals surface area (Å²) in [6.07, 6.45) is -6.47. The van der Waals surface area contributed by atoms with Crippen LogP contribution in [0, 0.1) is 23.2 Å². The Balaban J connectivity index is 1.77. The molecule has 3 heterocycles. The number of aliphatic hydroxyl groups is 1. The van der Waals surface area contributed by atoms with Gasteiger partial charge in [0.05, 0.1) is 16.9 Å². The van der Waals surface area contributed by atoms with E-state index in [1.165, 1.54) is 27.7 Å². The second-order valence-corrected chi connectivity index (χ2v) is 13.4. The van der Waals surface area contributed by atoms with Gasteiger partial charge in [-0.2, -0.15) is 0 Å². The standard InChI is InChI=1S/C33H39ClO12/c1-15-22(44-30(39)21-11-9-8-10-12-21)13-23(41-18(4)35)31(7)24(42-19(5)36)14-32(40)16(2)26(34)28-33(46-32,17(3)29(38)45-28)27(25(15)31)43-20(6)37/h8-12,15,17,22-28,40H,2,13-14H2,1,3-7H3/t15-,17?,22+,23-,24-,25+,26-,27+,28-,31+,32-,33?/m0/s1. The highest BCUT2D eigenvalue weighted by molar-refractivity contribution is 6.23. The van der Waals surface area contributed by atoms with Crippen LogP contribution in [0.25, 0.3) is 0 Å². The number of benzene rings is 1. The summed E-state index contributed by atoms with van der Waals surface area (Å²) in [6, 6.07) is 8.31. The average molecular weight is 663 g/mol. The maximum atomic E-state index is 13.4. The molecule has 1 aliphatic carbocycles. The number of carbonyl (C=O) groups is 5. The van der Waals surface area contributed by atoms with Gasteiger partial charge in [0, 0.05) is 56.4 Å². The number of halogens is 1. The molecule has 0 radical (unpaired) electrons. The van der Waals surface area contributed by atoms with Gasteiger partial charge in [-0.25, -0.2) is 4.79 Å². The highest BCUT2D eigenvalue weighted by atomic mass is 35.5. The SMILES string of the molecule is C=C1[C@H](Cl)[C@@H]2OC(=O)C(C)C23O[C@@]1(O)C[C@H](OC(C)=O)[C@]1(C)[C@H]([C@@H](C)[C@H](OC(=O)c2ccccc2)C[C@@H]1OC(C)=O)[C@H]3OC(C)=O. The molecule has 4 aliphatic rings. The Morgan fingerprint density at radius 2 is 1.54 bits per heavy atom. The van der Waals surface area contributed by atoms with Gasteiger partial charge in [-0.3, -0.25) is 19.2 Å². The topological polar surface area (TPSA) is 161 Å². The molecule has 46 heavy (non-hydrogen) atoms. The van der Waals surface area contributed by atoms with E-state index in [4.69, 9.17) is 40.0 Å². The molecule has 1 aromatic rings. The Morgan fingerprint density at radius 1 is 0.957 bits per heavy atom. The molecule has 250 valence electrons. The minimum absolute atomic E-state index is 0.0311. The van der Waals surface area contributed by atoms with Crippen molar-refractivity contribution in [3.8, 4) is 0 Å². The largest absolute Gasteiger partial charge is 0.462 e.